The molecule has 1 rings (SSSR count). The van der Waals surface area contributed by atoms with Crippen LogP contribution in [0.2, 0.25) is 5.02 Å². The molecule has 1 aromatic rings. The van der Waals surface area contributed by atoms with Crippen molar-refractivity contribution in [1.82, 2.24) is 0 Å². The highest BCUT2D eigenvalue weighted by Crippen LogP contribution is 2.20. The Bertz CT molecular complexity index is 399. The van der Waals surface area contributed by atoms with Gasteiger partial charge in [-0.1, -0.05) is 17.7 Å². The van der Waals surface area contributed by atoms with Gasteiger partial charge in [0.15, 0.2) is 0 Å². The van der Waals surface area contributed by atoms with Crippen molar-refractivity contribution in [1.29, 1.82) is 0 Å². The Morgan fingerprint density at radius 2 is 2.21 bits per heavy atom. The second-order valence-corrected chi connectivity index (χ2v) is 3.34. The van der Waals surface area contributed by atoms with Crippen LogP contribution in [0.1, 0.15) is 12.5 Å². The average molecular weight is 212 g/mol. The van der Waals surface area contributed by atoms with Gasteiger partial charge in [-0.05, 0) is 30.7 Å². The first-order valence-corrected chi connectivity index (χ1v) is 4.35. The van der Waals surface area contributed by atoms with Crippen LogP contribution in [0.15, 0.2) is 23.8 Å². The number of carbonyl (C=O) groups is 1. The lowest BCUT2D eigenvalue weighted by Gasteiger charge is -2.01. The van der Waals surface area contributed by atoms with Crippen LogP contribution < -0.4 is 5.73 Å². The minimum Gasteiger partial charge on any atom is -0.478 e. The van der Waals surface area contributed by atoms with Crippen LogP contribution in [-0.4, -0.2) is 11.1 Å². The minimum atomic E-state index is -0.959. The summed E-state index contributed by atoms with van der Waals surface area (Å²) in [5, 5.41) is 9.19. The number of nitrogen functional groups attached to an aromatic ring is 1. The molecule has 0 atom stereocenters. The van der Waals surface area contributed by atoms with E-state index in [2.05, 4.69) is 0 Å². The number of hydrogen-bond donors (Lipinski definition) is 2. The van der Waals surface area contributed by atoms with E-state index in [1.165, 1.54) is 13.0 Å². The largest absolute Gasteiger partial charge is 0.478 e. The number of rotatable bonds is 2. The monoisotopic (exact) mass is 211 g/mol. The predicted octanol–water partition coefficient (Wildman–Crippen LogP) is 2.41. The predicted molar refractivity (Wildman–Crippen MR) is 57.2 cm³/mol. The molecule has 4 heteroatoms. The lowest BCUT2D eigenvalue weighted by molar-refractivity contribution is -0.132. The van der Waals surface area contributed by atoms with E-state index in [-0.39, 0.29) is 5.57 Å². The maximum Gasteiger partial charge on any atom is 0.331 e. The lowest BCUT2D eigenvalue weighted by Crippen LogP contribution is -1.96. The van der Waals surface area contributed by atoms with Crippen LogP contribution in [0.5, 0.6) is 0 Å². The van der Waals surface area contributed by atoms with Crippen molar-refractivity contribution in [3.8, 4) is 0 Å². The van der Waals surface area contributed by atoms with E-state index >= 15 is 0 Å². The fourth-order valence-electron chi connectivity index (χ4n) is 0.972. The first-order chi connectivity index (χ1) is 6.50. The number of carboxylic acid groups (broad SMARTS) is 1. The standard InChI is InChI=1S/C10H10ClNO2/c1-6(10(13)14)4-7-2-3-8(11)5-9(7)12/h2-5H,12H2,1H3,(H,13,14)/b6-4+. The second-order valence-electron chi connectivity index (χ2n) is 2.91. The van der Waals surface area contributed by atoms with E-state index in [0.29, 0.717) is 16.3 Å². The van der Waals surface area contributed by atoms with E-state index in [9.17, 15) is 4.79 Å². The molecule has 0 saturated heterocycles. The topological polar surface area (TPSA) is 63.3 Å². The Kier molecular flexibility index (Phi) is 3.14. The normalized spacial score (nSPS) is 11.4. The molecule has 0 radical (unpaired) electrons. The van der Waals surface area contributed by atoms with Crippen molar-refractivity contribution >= 4 is 29.3 Å². The maximum absolute atomic E-state index is 10.5. The number of anilines is 1. The second kappa shape index (κ2) is 4.15. The van der Waals surface area contributed by atoms with Crippen molar-refractivity contribution in [3.63, 3.8) is 0 Å². The first-order valence-electron chi connectivity index (χ1n) is 3.97. The molecule has 3 nitrogen and oxygen atoms in total. The van der Waals surface area contributed by atoms with E-state index in [1.54, 1.807) is 18.2 Å². The van der Waals surface area contributed by atoms with Gasteiger partial charge in [0.1, 0.15) is 0 Å². The molecule has 1 aromatic carbocycles. The van der Waals surface area contributed by atoms with Gasteiger partial charge in [-0.3, -0.25) is 0 Å². The smallest absolute Gasteiger partial charge is 0.331 e. The number of carboxylic acids is 1. The summed E-state index contributed by atoms with van der Waals surface area (Å²) in [6.45, 7) is 1.51. The molecule has 0 bridgehead atoms. The molecular weight excluding hydrogens is 202 g/mol. The molecule has 3 N–H and O–H groups in total. The van der Waals surface area contributed by atoms with Gasteiger partial charge in [-0.2, -0.15) is 0 Å². The zero-order chi connectivity index (χ0) is 10.7. The van der Waals surface area contributed by atoms with Gasteiger partial charge in [0, 0.05) is 16.3 Å². The van der Waals surface area contributed by atoms with Crippen LogP contribution in [0.25, 0.3) is 6.08 Å². The van der Waals surface area contributed by atoms with Gasteiger partial charge < -0.3 is 10.8 Å². The maximum atomic E-state index is 10.5. The Balaban J connectivity index is 3.09. The summed E-state index contributed by atoms with van der Waals surface area (Å²) in [7, 11) is 0. The Labute approximate surface area is 86.8 Å². The summed E-state index contributed by atoms with van der Waals surface area (Å²) in [4.78, 5) is 10.5. The fourth-order valence-corrected chi connectivity index (χ4v) is 1.15. The summed E-state index contributed by atoms with van der Waals surface area (Å²) >= 11 is 5.70. The van der Waals surface area contributed by atoms with Gasteiger partial charge in [0.2, 0.25) is 0 Å². The molecular formula is C10H10ClNO2. The molecule has 0 aromatic heterocycles. The molecule has 0 fully saturated rings. The molecule has 0 unspecified atom stereocenters. The van der Waals surface area contributed by atoms with Crippen molar-refractivity contribution in [2.75, 3.05) is 5.73 Å². The molecule has 0 heterocycles. The third-order valence-corrected chi connectivity index (χ3v) is 1.99. The number of nitrogens with two attached hydrogens (primary N) is 1. The summed E-state index contributed by atoms with van der Waals surface area (Å²) in [5.41, 5.74) is 7.01. The Morgan fingerprint density at radius 1 is 1.57 bits per heavy atom. The molecule has 0 amide bonds. The quantitative estimate of drug-likeness (QED) is 0.583. The number of hydrogen-bond acceptors (Lipinski definition) is 2. The van der Waals surface area contributed by atoms with E-state index in [4.69, 9.17) is 22.4 Å². The van der Waals surface area contributed by atoms with Crippen LogP contribution in [0, 0.1) is 0 Å². The van der Waals surface area contributed by atoms with Crippen LogP contribution in [0.3, 0.4) is 0 Å². The highest BCUT2D eigenvalue weighted by Gasteiger charge is 2.02. The van der Waals surface area contributed by atoms with Crippen LogP contribution in [-0.2, 0) is 4.79 Å². The highest BCUT2D eigenvalue weighted by molar-refractivity contribution is 6.30. The van der Waals surface area contributed by atoms with Crippen molar-refractivity contribution < 1.29 is 9.90 Å². The summed E-state index contributed by atoms with van der Waals surface area (Å²) in [6.07, 6.45) is 1.51. The van der Waals surface area contributed by atoms with Gasteiger partial charge >= 0.3 is 5.97 Å². The first kappa shape index (κ1) is 10.6. The number of halogens is 1. The molecule has 74 valence electrons. The minimum absolute atomic E-state index is 0.235. The Morgan fingerprint density at radius 3 is 2.71 bits per heavy atom. The summed E-state index contributed by atoms with van der Waals surface area (Å²) in [6, 6.07) is 4.94. The zero-order valence-electron chi connectivity index (χ0n) is 7.62. The van der Waals surface area contributed by atoms with Gasteiger partial charge in [-0.25, -0.2) is 4.79 Å². The van der Waals surface area contributed by atoms with Crippen LogP contribution in [0.4, 0.5) is 5.69 Å². The van der Waals surface area contributed by atoms with Crippen LogP contribution >= 0.6 is 11.6 Å². The van der Waals surface area contributed by atoms with Gasteiger partial charge in [-0.15, -0.1) is 0 Å². The van der Waals surface area contributed by atoms with Gasteiger partial charge in [0.25, 0.3) is 0 Å². The third kappa shape index (κ3) is 2.50. The third-order valence-electron chi connectivity index (χ3n) is 1.76. The highest BCUT2D eigenvalue weighted by atomic mass is 35.5. The fraction of sp³-hybridized carbons (Fsp3) is 0.100. The molecule has 14 heavy (non-hydrogen) atoms. The van der Waals surface area contributed by atoms with E-state index < -0.39 is 5.97 Å². The SMILES string of the molecule is C/C(=C\c1ccc(Cl)cc1N)C(=O)O. The van der Waals surface area contributed by atoms with Crippen molar-refractivity contribution in [2.45, 2.75) is 6.92 Å². The molecule has 0 saturated carbocycles. The molecule has 0 aliphatic rings. The van der Waals surface area contributed by atoms with Crippen molar-refractivity contribution in [2.24, 2.45) is 0 Å². The summed E-state index contributed by atoms with van der Waals surface area (Å²) in [5.74, 6) is -0.959. The molecule has 0 spiro atoms. The molecule has 0 aliphatic heterocycles. The van der Waals surface area contributed by atoms with E-state index in [0.717, 1.165) is 0 Å². The van der Waals surface area contributed by atoms with Crippen molar-refractivity contribution in [3.05, 3.63) is 34.4 Å². The number of aliphatic carboxylic acids is 1. The lowest BCUT2D eigenvalue weighted by atomic mass is 10.1. The molecule has 0 aliphatic carbocycles. The van der Waals surface area contributed by atoms with E-state index in [1.807, 2.05) is 0 Å². The average Bonchev–Trinajstić information content (AvgIpc) is 2.09. The zero-order valence-corrected chi connectivity index (χ0v) is 8.38. The Hall–Kier alpha value is -1.48. The number of benzene rings is 1. The summed E-state index contributed by atoms with van der Waals surface area (Å²) < 4.78 is 0. The van der Waals surface area contributed by atoms with Gasteiger partial charge in [0.05, 0.1) is 0 Å².